The molecule has 0 aliphatic carbocycles. The quantitative estimate of drug-likeness (QED) is 0.771. The van der Waals surface area contributed by atoms with E-state index in [-0.39, 0.29) is 6.04 Å². The van der Waals surface area contributed by atoms with Gasteiger partial charge in [-0.3, -0.25) is 0 Å². The first-order valence-electron chi connectivity index (χ1n) is 5.82. The van der Waals surface area contributed by atoms with E-state index in [9.17, 15) is 8.78 Å². The maximum Gasteiger partial charge on any atom is 0.130 e. The molecule has 0 saturated heterocycles. The molecule has 2 nitrogen and oxygen atoms in total. The molecule has 1 rings (SSSR count). The summed E-state index contributed by atoms with van der Waals surface area (Å²) >= 11 is 0. The highest BCUT2D eigenvalue weighted by Gasteiger charge is 2.17. The van der Waals surface area contributed by atoms with E-state index in [4.69, 9.17) is 0 Å². The molecule has 0 aliphatic heterocycles. The molecule has 0 radical (unpaired) electrons. The van der Waals surface area contributed by atoms with Gasteiger partial charge in [-0.2, -0.15) is 0 Å². The topological polar surface area (TPSA) is 15.3 Å². The molecule has 0 saturated carbocycles. The Morgan fingerprint density at radius 3 is 2.53 bits per heavy atom. The minimum absolute atomic E-state index is 0.0102. The van der Waals surface area contributed by atoms with Crippen molar-refractivity contribution in [2.75, 3.05) is 27.7 Å². The number of nitrogens with one attached hydrogen (secondary N) is 1. The van der Waals surface area contributed by atoms with Crippen molar-refractivity contribution in [2.45, 2.75) is 18.9 Å². The lowest BCUT2D eigenvalue weighted by Crippen LogP contribution is -2.22. The zero-order valence-corrected chi connectivity index (χ0v) is 10.6. The van der Waals surface area contributed by atoms with Gasteiger partial charge in [0.1, 0.15) is 11.6 Å². The van der Waals surface area contributed by atoms with Crippen LogP contribution in [0.4, 0.5) is 8.78 Å². The second kappa shape index (κ2) is 6.67. The first-order valence-corrected chi connectivity index (χ1v) is 5.82. The summed E-state index contributed by atoms with van der Waals surface area (Å²) in [6, 6.07) is 3.79. The molecule has 1 aromatic rings. The molecule has 1 aromatic carbocycles. The molecule has 1 N–H and O–H groups in total. The van der Waals surface area contributed by atoms with Crippen LogP contribution in [0, 0.1) is 11.6 Å². The molecule has 0 amide bonds. The van der Waals surface area contributed by atoms with Gasteiger partial charge in [0.05, 0.1) is 0 Å². The van der Waals surface area contributed by atoms with Crippen molar-refractivity contribution in [3.8, 4) is 0 Å². The molecule has 0 aliphatic rings. The third-order valence-corrected chi connectivity index (χ3v) is 2.85. The second-order valence-corrected chi connectivity index (χ2v) is 4.39. The number of nitrogens with zero attached hydrogens (tertiary/aromatic N) is 1. The minimum Gasteiger partial charge on any atom is -0.320 e. The van der Waals surface area contributed by atoms with Crippen molar-refractivity contribution in [3.63, 3.8) is 0 Å². The fourth-order valence-corrected chi connectivity index (χ4v) is 1.94. The maximum atomic E-state index is 13.7. The fraction of sp³-hybridized carbons (Fsp3) is 0.538. The van der Waals surface area contributed by atoms with Crippen molar-refractivity contribution in [3.05, 3.63) is 35.4 Å². The molecule has 0 heterocycles. The van der Waals surface area contributed by atoms with Crippen LogP contribution in [0.1, 0.15) is 24.4 Å². The molecule has 1 unspecified atom stereocenters. The summed E-state index contributed by atoms with van der Waals surface area (Å²) in [6.07, 6.45) is 1.80. The third-order valence-electron chi connectivity index (χ3n) is 2.85. The van der Waals surface area contributed by atoms with Gasteiger partial charge in [0.25, 0.3) is 0 Å². The normalized spacial score (nSPS) is 13.1. The van der Waals surface area contributed by atoms with Crippen molar-refractivity contribution >= 4 is 0 Å². The lowest BCUT2D eigenvalue weighted by molar-refractivity contribution is 0.271. The van der Waals surface area contributed by atoms with E-state index in [2.05, 4.69) is 5.32 Å². The molecule has 0 spiro atoms. The number of rotatable bonds is 6. The lowest BCUT2D eigenvalue weighted by atomic mass is 10.0. The average molecular weight is 242 g/mol. The molecule has 0 aromatic heterocycles. The lowest BCUT2D eigenvalue weighted by Gasteiger charge is -2.25. The summed E-state index contributed by atoms with van der Waals surface area (Å²) in [7, 11) is 5.71. The maximum absolute atomic E-state index is 13.7. The largest absolute Gasteiger partial charge is 0.320 e. The van der Waals surface area contributed by atoms with E-state index in [0.717, 1.165) is 25.5 Å². The Labute approximate surface area is 102 Å². The average Bonchev–Trinajstić information content (AvgIpc) is 2.25. The molecule has 0 fully saturated rings. The van der Waals surface area contributed by atoms with Gasteiger partial charge in [-0.15, -0.1) is 0 Å². The number of halogens is 2. The van der Waals surface area contributed by atoms with Gasteiger partial charge < -0.3 is 10.2 Å². The molecule has 96 valence electrons. The van der Waals surface area contributed by atoms with Crippen LogP contribution in [-0.4, -0.2) is 32.6 Å². The Kier molecular flexibility index (Phi) is 5.51. The first kappa shape index (κ1) is 14.1. The van der Waals surface area contributed by atoms with Gasteiger partial charge in [-0.05, 0) is 46.6 Å². The van der Waals surface area contributed by atoms with Crippen LogP contribution in [-0.2, 0) is 0 Å². The van der Waals surface area contributed by atoms with E-state index < -0.39 is 11.6 Å². The van der Waals surface area contributed by atoms with Gasteiger partial charge in [0.2, 0.25) is 0 Å². The Hall–Kier alpha value is -1.00. The van der Waals surface area contributed by atoms with E-state index in [1.807, 2.05) is 26.0 Å². The van der Waals surface area contributed by atoms with Gasteiger partial charge in [-0.1, -0.05) is 6.07 Å². The smallest absolute Gasteiger partial charge is 0.130 e. The highest BCUT2D eigenvalue weighted by molar-refractivity contribution is 5.22. The molecule has 0 bridgehead atoms. The van der Waals surface area contributed by atoms with E-state index >= 15 is 0 Å². The summed E-state index contributed by atoms with van der Waals surface area (Å²) < 4.78 is 26.5. The fourth-order valence-electron chi connectivity index (χ4n) is 1.94. The third kappa shape index (κ3) is 4.06. The minimum atomic E-state index is -0.529. The Morgan fingerprint density at radius 1 is 1.29 bits per heavy atom. The number of hydrogen-bond acceptors (Lipinski definition) is 2. The molecule has 1 atom stereocenters. The Morgan fingerprint density at radius 2 is 2.00 bits per heavy atom. The van der Waals surface area contributed by atoms with Crippen LogP contribution in [0.5, 0.6) is 0 Å². The SMILES string of the molecule is CNCCCC(c1ccc(F)cc1F)N(C)C. The predicted octanol–water partition coefficient (Wildman–Crippen LogP) is 2.57. The molecule has 17 heavy (non-hydrogen) atoms. The van der Waals surface area contributed by atoms with Crippen LogP contribution in [0.2, 0.25) is 0 Å². The zero-order valence-electron chi connectivity index (χ0n) is 10.6. The highest BCUT2D eigenvalue weighted by Crippen LogP contribution is 2.26. The number of benzene rings is 1. The van der Waals surface area contributed by atoms with Gasteiger partial charge in [0, 0.05) is 17.7 Å². The van der Waals surface area contributed by atoms with Crippen molar-refractivity contribution in [1.29, 1.82) is 0 Å². The second-order valence-electron chi connectivity index (χ2n) is 4.39. The molecule has 4 heteroatoms. The Bertz CT molecular complexity index is 353. The van der Waals surface area contributed by atoms with Gasteiger partial charge in [-0.25, -0.2) is 8.78 Å². The molecular weight excluding hydrogens is 222 g/mol. The zero-order chi connectivity index (χ0) is 12.8. The van der Waals surface area contributed by atoms with E-state index in [1.54, 1.807) is 0 Å². The summed E-state index contributed by atoms with van der Waals surface area (Å²) in [5, 5.41) is 3.06. The molecular formula is C13H20F2N2. The van der Waals surface area contributed by atoms with Gasteiger partial charge >= 0.3 is 0 Å². The van der Waals surface area contributed by atoms with Crippen LogP contribution < -0.4 is 5.32 Å². The predicted molar refractivity (Wildman–Crippen MR) is 65.9 cm³/mol. The summed E-state index contributed by atoms with van der Waals surface area (Å²) in [5.74, 6) is -0.993. The van der Waals surface area contributed by atoms with Crippen LogP contribution >= 0.6 is 0 Å². The van der Waals surface area contributed by atoms with Crippen LogP contribution in [0.15, 0.2) is 18.2 Å². The Balaban J connectivity index is 2.82. The first-order chi connectivity index (χ1) is 8.06. The van der Waals surface area contributed by atoms with Gasteiger partial charge in [0.15, 0.2) is 0 Å². The highest BCUT2D eigenvalue weighted by atomic mass is 19.1. The van der Waals surface area contributed by atoms with E-state index in [0.29, 0.717) is 5.56 Å². The van der Waals surface area contributed by atoms with Crippen molar-refractivity contribution in [1.82, 2.24) is 10.2 Å². The van der Waals surface area contributed by atoms with Crippen molar-refractivity contribution in [2.24, 2.45) is 0 Å². The van der Waals surface area contributed by atoms with Crippen LogP contribution in [0.3, 0.4) is 0 Å². The van der Waals surface area contributed by atoms with E-state index in [1.165, 1.54) is 12.1 Å². The van der Waals surface area contributed by atoms with Crippen LogP contribution in [0.25, 0.3) is 0 Å². The monoisotopic (exact) mass is 242 g/mol. The summed E-state index contributed by atoms with van der Waals surface area (Å²) in [5.41, 5.74) is 0.563. The summed E-state index contributed by atoms with van der Waals surface area (Å²) in [6.45, 7) is 0.896. The number of hydrogen-bond donors (Lipinski definition) is 1. The standard InChI is InChI=1S/C13H20F2N2/c1-16-8-4-5-13(17(2)3)11-7-6-10(14)9-12(11)15/h6-7,9,13,16H,4-5,8H2,1-3H3. The summed E-state index contributed by atoms with van der Waals surface area (Å²) in [4.78, 5) is 1.96. The van der Waals surface area contributed by atoms with Crippen molar-refractivity contribution < 1.29 is 8.78 Å².